The predicted octanol–water partition coefficient (Wildman–Crippen LogP) is 1.04. The van der Waals surface area contributed by atoms with Gasteiger partial charge in [0.15, 0.2) is 11.6 Å². The molecule has 0 aromatic heterocycles. The van der Waals surface area contributed by atoms with Crippen LogP contribution < -0.4 is 10.6 Å². The van der Waals surface area contributed by atoms with Gasteiger partial charge in [-0.15, -0.1) is 0 Å². The second kappa shape index (κ2) is 9.93. The highest BCUT2D eigenvalue weighted by atomic mass is 16.3. The fraction of sp³-hybridized carbons (Fsp3) is 0.900. The van der Waals surface area contributed by atoms with Crippen molar-refractivity contribution in [1.82, 2.24) is 10.6 Å². The van der Waals surface area contributed by atoms with Gasteiger partial charge in [-0.2, -0.15) is 0 Å². The van der Waals surface area contributed by atoms with Crippen molar-refractivity contribution in [3.8, 4) is 0 Å². The number of carbonyl (C=O) groups is 2. The smallest absolute Gasteiger partial charge is 0.165 e. The van der Waals surface area contributed by atoms with E-state index < -0.39 is 12.2 Å². The van der Waals surface area contributed by atoms with Crippen LogP contribution in [0.25, 0.3) is 0 Å². The lowest BCUT2D eigenvalue weighted by molar-refractivity contribution is -0.135. The highest BCUT2D eigenvalue weighted by Crippen LogP contribution is 2.24. The number of hydrogen-bond donors (Lipinski definition) is 4. The molecule has 0 amide bonds. The van der Waals surface area contributed by atoms with Crippen LogP contribution in [0.1, 0.15) is 59.3 Å². The molecule has 26 heavy (non-hydrogen) atoms. The summed E-state index contributed by atoms with van der Waals surface area (Å²) in [6, 6.07) is -0.141. The first-order valence-electron chi connectivity index (χ1n) is 10.2. The fourth-order valence-electron chi connectivity index (χ4n) is 4.24. The minimum atomic E-state index is -0.984. The Morgan fingerprint density at radius 1 is 1.00 bits per heavy atom. The third-order valence-corrected chi connectivity index (χ3v) is 5.96. The number of aliphatic hydroxyl groups is 2. The van der Waals surface area contributed by atoms with Gasteiger partial charge in [-0.05, 0) is 38.6 Å². The lowest BCUT2D eigenvalue weighted by atomic mass is 9.83. The molecule has 150 valence electrons. The second-order valence-corrected chi connectivity index (χ2v) is 8.49. The minimum Gasteiger partial charge on any atom is -0.385 e. The molecule has 2 aliphatic rings. The SMILES string of the molecule is CC(C)C(=O)C(O)C1CCCC(CC(C)C(=O)C(O)C2CCCNC2)N1. The Hall–Kier alpha value is -0.820. The van der Waals surface area contributed by atoms with Crippen molar-refractivity contribution in [2.45, 2.75) is 83.6 Å². The van der Waals surface area contributed by atoms with Crippen LogP contribution in [0.3, 0.4) is 0 Å². The van der Waals surface area contributed by atoms with Gasteiger partial charge in [0.05, 0.1) is 0 Å². The quantitative estimate of drug-likeness (QED) is 0.511. The average Bonchev–Trinajstić information content (AvgIpc) is 2.66. The molecule has 2 saturated heterocycles. The van der Waals surface area contributed by atoms with Crippen LogP contribution in [0.2, 0.25) is 0 Å². The van der Waals surface area contributed by atoms with Crippen LogP contribution in [0.15, 0.2) is 0 Å². The molecule has 2 heterocycles. The van der Waals surface area contributed by atoms with Crippen molar-refractivity contribution in [2.24, 2.45) is 17.8 Å². The van der Waals surface area contributed by atoms with Gasteiger partial charge in [-0.1, -0.05) is 27.2 Å². The zero-order valence-corrected chi connectivity index (χ0v) is 16.4. The summed E-state index contributed by atoms with van der Waals surface area (Å²) in [5, 5.41) is 27.3. The molecular weight excluding hydrogens is 332 g/mol. The van der Waals surface area contributed by atoms with E-state index in [-0.39, 0.29) is 41.4 Å². The Morgan fingerprint density at radius 3 is 2.35 bits per heavy atom. The van der Waals surface area contributed by atoms with E-state index in [1.165, 1.54) is 0 Å². The number of aliphatic hydroxyl groups excluding tert-OH is 2. The Labute approximate surface area is 157 Å². The lowest BCUT2D eigenvalue weighted by Gasteiger charge is -2.35. The summed E-state index contributed by atoms with van der Waals surface area (Å²) in [5.41, 5.74) is 0. The molecular formula is C20H36N2O4. The van der Waals surface area contributed by atoms with Crippen LogP contribution in [-0.4, -0.2) is 59.2 Å². The normalized spacial score (nSPS) is 30.6. The van der Waals surface area contributed by atoms with Gasteiger partial charge in [-0.3, -0.25) is 9.59 Å². The topological polar surface area (TPSA) is 98.7 Å². The highest BCUT2D eigenvalue weighted by Gasteiger charge is 2.35. The van der Waals surface area contributed by atoms with Crippen LogP contribution >= 0.6 is 0 Å². The Kier molecular flexibility index (Phi) is 8.20. The maximum Gasteiger partial charge on any atom is 0.165 e. The van der Waals surface area contributed by atoms with Crippen molar-refractivity contribution in [3.05, 3.63) is 0 Å². The van der Waals surface area contributed by atoms with E-state index in [2.05, 4.69) is 10.6 Å². The van der Waals surface area contributed by atoms with Gasteiger partial charge in [0.25, 0.3) is 0 Å². The first kappa shape index (κ1) is 21.5. The summed E-state index contributed by atoms with van der Waals surface area (Å²) < 4.78 is 0. The molecule has 0 aliphatic carbocycles. The van der Waals surface area contributed by atoms with Crippen LogP contribution in [0.4, 0.5) is 0 Å². The zero-order chi connectivity index (χ0) is 19.3. The number of hydrogen-bond acceptors (Lipinski definition) is 6. The van der Waals surface area contributed by atoms with Gasteiger partial charge in [0, 0.05) is 36.4 Å². The molecule has 0 aromatic rings. The molecule has 0 aromatic carbocycles. The Morgan fingerprint density at radius 2 is 1.73 bits per heavy atom. The van der Waals surface area contributed by atoms with Crippen molar-refractivity contribution in [3.63, 3.8) is 0 Å². The summed E-state index contributed by atoms with van der Waals surface area (Å²) in [7, 11) is 0. The molecule has 6 heteroatoms. The fourth-order valence-corrected chi connectivity index (χ4v) is 4.24. The Bertz CT molecular complexity index is 476. The zero-order valence-electron chi connectivity index (χ0n) is 16.4. The van der Waals surface area contributed by atoms with Crippen molar-refractivity contribution in [1.29, 1.82) is 0 Å². The number of piperidine rings is 2. The summed E-state index contributed by atoms with van der Waals surface area (Å²) in [4.78, 5) is 24.7. The molecule has 0 spiro atoms. The van der Waals surface area contributed by atoms with E-state index in [4.69, 9.17) is 0 Å². The molecule has 2 fully saturated rings. The summed E-state index contributed by atoms with van der Waals surface area (Å²) in [6.45, 7) is 7.13. The Balaban J connectivity index is 1.86. The third kappa shape index (κ3) is 5.59. The molecule has 6 atom stereocenters. The monoisotopic (exact) mass is 368 g/mol. The molecule has 6 unspecified atom stereocenters. The molecule has 2 aliphatic heterocycles. The molecule has 4 N–H and O–H groups in total. The first-order valence-corrected chi connectivity index (χ1v) is 10.2. The number of Topliss-reactive ketones (excluding diaryl/α,β-unsaturated/α-hetero) is 2. The van der Waals surface area contributed by atoms with Gasteiger partial charge < -0.3 is 20.8 Å². The molecule has 6 nitrogen and oxygen atoms in total. The van der Waals surface area contributed by atoms with E-state index in [1.54, 1.807) is 13.8 Å². The highest BCUT2D eigenvalue weighted by molar-refractivity contribution is 5.85. The molecule has 0 bridgehead atoms. The summed E-state index contributed by atoms with van der Waals surface area (Å²) in [5.74, 6) is -0.627. The van der Waals surface area contributed by atoms with Gasteiger partial charge in [-0.25, -0.2) is 0 Å². The van der Waals surface area contributed by atoms with Crippen molar-refractivity contribution < 1.29 is 19.8 Å². The van der Waals surface area contributed by atoms with Gasteiger partial charge in [0.1, 0.15) is 12.2 Å². The maximum absolute atomic E-state index is 12.6. The summed E-state index contributed by atoms with van der Waals surface area (Å²) >= 11 is 0. The van der Waals surface area contributed by atoms with E-state index >= 15 is 0 Å². The third-order valence-electron chi connectivity index (χ3n) is 5.96. The lowest BCUT2D eigenvalue weighted by Crippen LogP contribution is -2.53. The largest absolute Gasteiger partial charge is 0.385 e. The average molecular weight is 369 g/mol. The maximum atomic E-state index is 12.6. The number of ketones is 2. The number of nitrogens with one attached hydrogen (secondary N) is 2. The number of carbonyl (C=O) groups excluding carboxylic acids is 2. The minimum absolute atomic E-state index is 0.0104. The summed E-state index contributed by atoms with van der Waals surface area (Å²) in [6.07, 6.45) is 3.27. The van der Waals surface area contributed by atoms with E-state index in [9.17, 15) is 19.8 Å². The van der Waals surface area contributed by atoms with E-state index in [0.29, 0.717) is 13.0 Å². The molecule has 0 radical (unpaired) electrons. The van der Waals surface area contributed by atoms with Crippen molar-refractivity contribution in [2.75, 3.05) is 13.1 Å². The van der Waals surface area contributed by atoms with Gasteiger partial charge >= 0.3 is 0 Å². The predicted molar refractivity (Wildman–Crippen MR) is 101 cm³/mol. The molecule has 0 saturated carbocycles. The van der Waals surface area contributed by atoms with Crippen LogP contribution in [0.5, 0.6) is 0 Å². The first-order chi connectivity index (χ1) is 12.3. The van der Waals surface area contributed by atoms with E-state index in [1.807, 2.05) is 6.92 Å². The van der Waals surface area contributed by atoms with Gasteiger partial charge in [0.2, 0.25) is 0 Å². The standard InChI is InChI=1S/C20H36N2O4/c1-12(2)17(23)20(26)16-8-4-7-15(22-16)10-13(3)18(24)19(25)14-6-5-9-21-11-14/h12-16,19-22,25-26H,4-11H2,1-3H3. The molecule has 2 rings (SSSR count). The number of rotatable bonds is 8. The van der Waals surface area contributed by atoms with Crippen molar-refractivity contribution >= 4 is 11.6 Å². The second-order valence-electron chi connectivity index (χ2n) is 8.49. The van der Waals surface area contributed by atoms with E-state index in [0.717, 1.165) is 38.6 Å². The van der Waals surface area contributed by atoms with Crippen LogP contribution in [-0.2, 0) is 9.59 Å². The van der Waals surface area contributed by atoms with Crippen LogP contribution in [0, 0.1) is 17.8 Å².